The van der Waals surface area contributed by atoms with Gasteiger partial charge in [-0.2, -0.15) is 9.61 Å². The average molecular weight is 419 g/mol. The van der Waals surface area contributed by atoms with Crippen molar-refractivity contribution in [2.75, 3.05) is 5.32 Å². The topological polar surface area (TPSA) is 85.3 Å². The van der Waals surface area contributed by atoms with Crippen LogP contribution < -0.4 is 5.32 Å². The van der Waals surface area contributed by atoms with Crippen LogP contribution in [-0.4, -0.2) is 25.7 Å². The van der Waals surface area contributed by atoms with Gasteiger partial charge in [-0.15, -0.1) is 10.2 Å². The Kier molecular flexibility index (Phi) is 4.36. The molecule has 0 radical (unpaired) electrons. The molecule has 0 aliphatic rings. The third-order valence-corrected chi connectivity index (χ3v) is 5.42. The number of rotatable bonds is 4. The lowest BCUT2D eigenvalue weighted by molar-refractivity contribution is 0.0997. The fraction of sp³-hybridized carbons (Fsp3) is 0.0476. The molecule has 1 amide bonds. The number of aromatic nitrogens is 4. The second kappa shape index (κ2) is 7.20. The van der Waals surface area contributed by atoms with Crippen LogP contribution in [0.3, 0.4) is 0 Å². The molecule has 0 saturated heterocycles. The van der Waals surface area contributed by atoms with Crippen molar-refractivity contribution in [3.05, 3.63) is 78.1 Å². The first kappa shape index (κ1) is 18.2. The van der Waals surface area contributed by atoms with Crippen LogP contribution in [0.15, 0.2) is 65.1 Å². The fourth-order valence-electron chi connectivity index (χ4n) is 2.98. The number of hydrogen-bond acceptors (Lipinski definition) is 6. The number of halogens is 1. The van der Waals surface area contributed by atoms with Crippen molar-refractivity contribution < 1.29 is 13.6 Å². The van der Waals surface area contributed by atoms with Crippen molar-refractivity contribution in [2.24, 2.45) is 0 Å². The van der Waals surface area contributed by atoms with Gasteiger partial charge in [0.15, 0.2) is 11.6 Å². The Labute approximate surface area is 173 Å². The summed E-state index contributed by atoms with van der Waals surface area (Å²) in [6.07, 6.45) is 0. The molecule has 0 aliphatic carbocycles. The van der Waals surface area contributed by atoms with E-state index in [1.54, 1.807) is 34.8 Å². The number of furan rings is 1. The van der Waals surface area contributed by atoms with Gasteiger partial charge in [0.05, 0.1) is 0 Å². The van der Waals surface area contributed by atoms with E-state index < -0.39 is 0 Å². The van der Waals surface area contributed by atoms with Crippen molar-refractivity contribution in [3.63, 3.8) is 0 Å². The van der Waals surface area contributed by atoms with Gasteiger partial charge < -0.3 is 9.73 Å². The summed E-state index contributed by atoms with van der Waals surface area (Å²) in [5.41, 5.74) is 2.16. The quantitative estimate of drug-likeness (QED) is 0.452. The van der Waals surface area contributed by atoms with Gasteiger partial charge in [0, 0.05) is 16.8 Å². The second-order valence-corrected chi connectivity index (χ2v) is 7.51. The van der Waals surface area contributed by atoms with Gasteiger partial charge in [-0.25, -0.2) is 4.39 Å². The molecule has 1 N–H and O–H groups in total. The lowest BCUT2D eigenvalue weighted by atomic mass is 10.2. The third kappa shape index (κ3) is 3.35. The molecule has 9 heteroatoms. The molecule has 0 bridgehead atoms. The van der Waals surface area contributed by atoms with Crippen LogP contribution in [0.5, 0.6) is 0 Å². The van der Waals surface area contributed by atoms with Crippen LogP contribution in [0.1, 0.15) is 16.4 Å². The van der Waals surface area contributed by atoms with Crippen LogP contribution in [0.4, 0.5) is 10.1 Å². The maximum Gasteiger partial charge on any atom is 0.291 e. The molecular formula is C21H14FN5O2S. The van der Waals surface area contributed by atoms with Gasteiger partial charge in [0.2, 0.25) is 4.96 Å². The van der Waals surface area contributed by atoms with Gasteiger partial charge in [0.1, 0.15) is 16.6 Å². The first-order chi connectivity index (χ1) is 14.6. The SMILES string of the molecule is Cc1nnc2sc(-c3cccc(NC(=O)c4ccc(-c5ccc(F)cc5)o4)c3)nn12. The van der Waals surface area contributed by atoms with Crippen molar-refractivity contribution >= 4 is 27.9 Å². The number of nitrogens with zero attached hydrogens (tertiary/aromatic N) is 4. The zero-order valence-corrected chi connectivity index (χ0v) is 16.5. The number of aryl methyl sites for hydroxylation is 1. The zero-order valence-electron chi connectivity index (χ0n) is 15.7. The molecule has 7 nitrogen and oxygen atoms in total. The summed E-state index contributed by atoms with van der Waals surface area (Å²) in [7, 11) is 0. The Morgan fingerprint density at radius 2 is 1.90 bits per heavy atom. The van der Waals surface area contributed by atoms with E-state index in [-0.39, 0.29) is 17.5 Å². The van der Waals surface area contributed by atoms with Crippen molar-refractivity contribution in [1.29, 1.82) is 0 Å². The number of benzene rings is 2. The number of anilines is 1. The summed E-state index contributed by atoms with van der Waals surface area (Å²) in [5.74, 6) is 0.655. The van der Waals surface area contributed by atoms with E-state index >= 15 is 0 Å². The molecule has 2 aromatic carbocycles. The molecule has 0 saturated carbocycles. The molecule has 148 valence electrons. The van der Waals surface area contributed by atoms with Crippen LogP contribution >= 0.6 is 11.3 Å². The smallest absolute Gasteiger partial charge is 0.291 e. The Morgan fingerprint density at radius 3 is 2.70 bits per heavy atom. The molecule has 0 fully saturated rings. The van der Waals surface area contributed by atoms with Gasteiger partial charge in [-0.3, -0.25) is 4.79 Å². The van der Waals surface area contributed by atoms with Crippen molar-refractivity contribution in [1.82, 2.24) is 19.8 Å². The number of amides is 1. The Balaban J connectivity index is 1.36. The summed E-state index contributed by atoms with van der Waals surface area (Å²) in [6.45, 7) is 1.84. The highest BCUT2D eigenvalue weighted by atomic mass is 32.1. The molecule has 0 aliphatic heterocycles. The highest BCUT2D eigenvalue weighted by Gasteiger charge is 2.14. The maximum absolute atomic E-state index is 13.1. The minimum absolute atomic E-state index is 0.161. The minimum atomic E-state index is -0.380. The van der Waals surface area contributed by atoms with E-state index in [1.807, 2.05) is 25.1 Å². The number of fused-ring (bicyclic) bond motifs is 1. The van der Waals surface area contributed by atoms with Crippen LogP contribution in [0, 0.1) is 12.7 Å². The lowest BCUT2D eigenvalue weighted by Crippen LogP contribution is -2.10. The molecule has 0 spiro atoms. The van der Waals surface area contributed by atoms with Crippen molar-refractivity contribution in [2.45, 2.75) is 6.92 Å². The maximum atomic E-state index is 13.1. The standard InChI is InChI=1S/C21H14FN5O2S/c1-12-24-25-21-27(12)26-20(30-21)14-3-2-4-16(11-14)23-19(28)18-10-9-17(29-18)13-5-7-15(22)8-6-13/h2-11H,1H3,(H,23,28). The summed E-state index contributed by atoms with van der Waals surface area (Å²) in [6, 6.07) is 16.5. The van der Waals surface area contributed by atoms with Crippen molar-refractivity contribution in [3.8, 4) is 21.9 Å². The minimum Gasteiger partial charge on any atom is -0.451 e. The van der Waals surface area contributed by atoms with Crippen LogP contribution in [0.25, 0.3) is 26.9 Å². The number of carbonyl (C=O) groups excluding carboxylic acids is 1. The molecule has 30 heavy (non-hydrogen) atoms. The molecule has 5 aromatic rings. The fourth-order valence-corrected chi connectivity index (χ4v) is 3.86. The third-order valence-electron chi connectivity index (χ3n) is 4.47. The largest absolute Gasteiger partial charge is 0.451 e. The Morgan fingerprint density at radius 1 is 1.07 bits per heavy atom. The lowest BCUT2D eigenvalue weighted by Gasteiger charge is -2.05. The van der Waals surface area contributed by atoms with Crippen LogP contribution in [0.2, 0.25) is 0 Å². The van der Waals surface area contributed by atoms with E-state index in [0.717, 1.165) is 10.6 Å². The number of hydrogen-bond donors (Lipinski definition) is 1. The Hall–Kier alpha value is -3.85. The van der Waals surface area contributed by atoms with E-state index in [4.69, 9.17) is 4.42 Å². The predicted octanol–water partition coefficient (Wildman–Crippen LogP) is 4.81. The van der Waals surface area contributed by atoms with Gasteiger partial charge in [-0.05, 0) is 55.5 Å². The molecular weight excluding hydrogens is 405 g/mol. The first-order valence-corrected chi connectivity index (χ1v) is 9.85. The number of nitrogens with one attached hydrogen (secondary N) is 1. The first-order valence-electron chi connectivity index (χ1n) is 9.03. The van der Waals surface area contributed by atoms with E-state index in [9.17, 15) is 9.18 Å². The van der Waals surface area contributed by atoms with E-state index in [2.05, 4.69) is 20.6 Å². The highest BCUT2D eigenvalue weighted by molar-refractivity contribution is 7.19. The van der Waals surface area contributed by atoms with Gasteiger partial charge in [-0.1, -0.05) is 23.5 Å². The monoisotopic (exact) mass is 419 g/mol. The number of carbonyl (C=O) groups is 1. The summed E-state index contributed by atoms with van der Waals surface area (Å²) < 4.78 is 20.4. The molecule has 3 heterocycles. The van der Waals surface area contributed by atoms with E-state index in [1.165, 1.54) is 23.5 Å². The summed E-state index contributed by atoms with van der Waals surface area (Å²) >= 11 is 1.42. The summed E-state index contributed by atoms with van der Waals surface area (Å²) in [4.78, 5) is 13.3. The van der Waals surface area contributed by atoms with Gasteiger partial charge >= 0.3 is 0 Å². The molecule has 5 rings (SSSR count). The average Bonchev–Trinajstić information content (AvgIpc) is 3.47. The van der Waals surface area contributed by atoms with Gasteiger partial charge in [0.25, 0.3) is 5.91 Å². The normalized spacial score (nSPS) is 11.1. The molecule has 0 atom stereocenters. The van der Waals surface area contributed by atoms with E-state index in [0.29, 0.717) is 27.8 Å². The Bertz CT molecular complexity index is 1370. The highest BCUT2D eigenvalue weighted by Crippen LogP contribution is 2.28. The second-order valence-electron chi connectivity index (χ2n) is 6.55. The zero-order chi connectivity index (χ0) is 20.7. The predicted molar refractivity (Wildman–Crippen MR) is 111 cm³/mol. The van der Waals surface area contributed by atoms with Crippen LogP contribution in [-0.2, 0) is 0 Å². The molecule has 0 unspecified atom stereocenters. The molecule has 3 aromatic heterocycles. The summed E-state index contributed by atoms with van der Waals surface area (Å²) in [5, 5.41) is 16.2.